The van der Waals surface area contributed by atoms with Crippen molar-refractivity contribution in [1.82, 2.24) is 4.98 Å². The fraction of sp³-hybridized carbons (Fsp3) is 0.188. The third-order valence-electron chi connectivity index (χ3n) is 3.15. The first-order valence-electron chi connectivity index (χ1n) is 6.66. The van der Waals surface area contributed by atoms with Crippen molar-refractivity contribution in [3.05, 3.63) is 57.5 Å². The first kappa shape index (κ1) is 14.5. The highest BCUT2D eigenvalue weighted by Crippen LogP contribution is 2.29. The molecule has 0 amide bonds. The molecule has 0 saturated carbocycles. The summed E-state index contributed by atoms with van der Waals surface area (Å²) in [5, 5.41) is 0.967. The van der Waals surface area contributed by atoms with Crippen molar-refractivity contribution in [2.45, 2.75) is 19.6 Å². The zero-order valence-corrected chi connectivity index (χ0v) is 13.9. The lowest BCUT2D eigenvalue weighted by molar-refractivity contribution is 0.301. The molecule has 1 aromatic heterocycles. The summed E-state index contributed by atoms with van der Waals surface area (Å²) in [6.07, 6.45) is 0. The van der Waals surface area contributed by atoms with Gasteiger partial charge in [0.25, 0.3) is 0 Å². The van der Waals surface area contributed by atoms with E-state index in [2.05, 4.69) is 27.0 Å². The van der Waals surface area contributed by atoms with Crippen molar-refractivity contribution < 1.29 is 4.74 Å². The molecule has 108 valence electrons. The first-order valence-corrected chi connectivity index (χ1v) is 8.27. The molecule has 0 aliphatic rings. The van der Waals surface area contributed by atoms with Gasteiger partial charge in [-0.05, 0) is 37.3 Å². The van der Waals surface area contributed by atoms with Crippen molar-refractivity contribution in [3.63, 3.8) is 0 Å². The van der Waals surface area contributed by atoms with Crippen LogP contribution in [0.5, 0.6) is 5.75 Å². The highest BCUT2D eigenvalue weighted by molar-refractivity contribution is 9.10. The fourth-order valence-electron chi connectivity index (χ4n) is 2.13. The Labute approximate surface area is 135 Å². The Morgan fingerprint density at radius 2 is 2.10 bits per heavy atom. The van der Waals surface area contributed by atoms with Crippen LogP contribution in [0.4, 0.5) is 0 Å². The molecule has 1 heterocycles. The molecule has 5 heteroatoms. The van der Waals surface area contributed by atoms with Gasteiger partial charge in [0.05, 0.1) is 10.2 Å². The van der Waals surface area contributed by atoms with Crippen molar-refractivity contribution in [2.75, 3.05) is 0 Å². The van der Waals surface area contributed by atoms with Crippen LogP contribution in [-0.2, 0) is 6.61 Å². The fourth-order valence-corrected chi connectivity index (χ4v) is 3.39. The lowest BCUT2D eigenvalue weighted by Gasteiger charge is -2.13. The summed E-state index contributed by atoms with van der Waals surface area (Å²) < 4.78 is 8.10. The number of thiazole rings is 1. The summed E-state index contributed by atoms with van der Waals surface area (Å²) in [5.74, 6) is 0.812. The molecule has 1 atom stereocenters. The zero-order valence-electron chi connectivity index (χ0n) is 11.5. The summed E-state index contributed by atoms with van der Waals surface area (Å²) in [5.41, 5.74) is 8.01. The number of fused-ring (bicyclic) bond motifs is 1. The summed E-state index contributed by atoms with van der Waals surface area (Å²) in [7, 11) is 0. The van der Waals surface area contributed by atoms with Crippen LogP contribution in [-0.4, -0.2) is 4.98 Å². The average Bonchev–Trinajstić information content (AvgIpc) is 2.88. The number of halogens is 1. The van der Waals surface area contributed by atoms with E-state index in [1.54, 1.807) is 11.3 Å². The predicted octanol–water partition coefficient (Wildman–Crippen LogP) is 4.66. The SMILES string of the molecule is C[C@H](N)c1cc(Br)ccc1OCc1nc2ccccc2s1. The van der Waals surface area contributed by atoms with E-state index in [4.69, 9.17) is 10.5 Å². The third kappa shape index (κ3) is 3.26. The molecular weight excluding hydrogens is 348 g/mol. The van der Waals surface area contributed by atoms with Crippen LogP contribution < -0.4 is 10.5 Å². The lowest BCUT2D eigenvalue weighted by Crippen LogP contribution is -2.08. The van der Waals surface area contributed by atoms with Gasteiger partial charge in [-0.1, -0.05) is 28.1 Å². The Morgan fingerprint density at radius 1 is 1.29 bits per heavy atom. The summed E-state index contributed by atoms with van der Waals surface area (Å²) >= 11 is 5.12. The molecule has 0 bridgehead atoms. The van der Waals surface area contributed by atoms with Gasteiger partial charge in [-0.3, -0.25) is 0 Å². The zero-order chi connectivity index (χ0) is 14.8. The minimum Gasteiger partial charge on any atom is -0.486 e. The molecule has 3 aromatic rings. The van der Waals surface area contributed by atoms with E-state index in [1.807, 2.05) is 43.3 Å². The Kier molecular flexibility index (Phi) is 4.24. The smallest absolute Gasteiger partial charge is 0.140 e. The topological polar surface area (TPSA) is 48.1 Å². The number of hydrogen-bond donors (Lipinski definition) is 1. The normalized spacial score (nSPS) is 12.5. The van der Waals surface area contributed by atoms with Crippen LogP contribution in [0.3, 0.4) is 0 Å². The molecule has 3 nitrogen and oxygen atoms in total. The van der Waals surface area contributed by atoms with Crippen LogP contribution in [0.25, 0.3) is 10.2 Å². The maximum absolute atomic E-state index is 6.00. The standard InChI is InChI=1S/C16H15BrN2OS/c1-10(18)12-8-11(17)6-7-14(12)20-9-16-19-13-4-2-3-5-15(13)21-16/h2-8,10H,9,18H2,1H3/t10-/m0/s1. The number of benzene rings is 2. The van der Waals surface area contributed by atoms with Crippen LogP contribution in [0.2, 0.25) is 0 Å². The number of rotatable bonds is 4. The quantitative estimate of drug-likeness (QED) is 0.734. The van der Waals surface area contributed by atoms with Crippen molar-refractivity contribution in [1.29, 1.82) is 0 Å². The largest absolute Gasteiger partial charge is 0.486 e. The molecule has 0 aliphatic heterocycles. The van der Waals surface area contributed by atoms with Gasteiger partial charge in [-0.2, -0.15) is 0 Å². The van der Waals surface area contributed by atoms with E-state index in [1.165, 1.54) is 4.70 Å². The number of para-hydroxylation sites is 1. The summed E-state index contributed by atoms with van der Waals surface area (Å²) in [6, 6.07) is 13.9. The molecule has 0 unspecified atom stereocenters. The van der Waals surface area contributed by atoms with E-state index in [0.717, 1.165) is 26.3 Å². The van der Waals surface area contributed by atoms with Gasteiger partial charge in [0.2, 0.25) is 0 Å². The molecule has 21 heavy (non-hydrogen) atoms. The minimum atomic E-state index is -0.0760. The molecule has 0 radical (unpaired) electrons. The van der Waals surface area contributed by atoms with Gasteiger partial charge in [-0.25, -0.2) is 4.98 Å². The molecule has 0 saturated heterocycles. The third-order valence-corrected chi connectivity index (χ3v) is 4.65. The van der Waals surface area contributed by atoms with Gasteiger partial charge in [0, 0.05) is 16.1 Å². The first-order chi connectivity index (χ1) is 10.1. The van der Waals surface area contributed by atoms with E-state index >= 15 is 0 Å². The second-order valence-electron chi connectivity index (χ2n) is 4.83. The number of nitrogens with zero attached hydrogens (tertiary/aromatic N) is 1. The van der Waals surface area contributed by atoms with Gasteiger partial charge in [-0.15, -0.1) is 11.3 Å². The number of hydrogen-bond acceptors (Lipinski definition) is 4. The molecular formula is C16H15BrN2OS. The van der Waals surface area contributed by atoms with Crippen molar-refractivity contribution >= 4 is 37.5 Å². The van der Waals surface area contributed by atoms with Crippen LogP contribution in [0, 0.1) is 0 Å². The number of aromatic nitrogens is 1. The molecule has 2 N–H and O–H groups in total. The molecule has 3 rings (SSSR count). The van der Waals surface area contributed by atoms with Crippen LogP contribution in [0.1, 0.15) is 23.5 Å². The maximum atomic E-state index is 6.00. The summed E-state index contributed by atoms with van der Waals surface area (Å²) in [6.45, 7) is 2.41. The highest BCUT2D eigenvalue weighted by Gasteiger charge is 2.10. The van der Waals surface area contributed by atoms with Crippen LogP contribution >= 0.6 is 27.3 Å². The molecule has 0 spiro atoms. The summed E-state index contributed by atoms with van der Waals surface area (Å²) in [4.78, 5) is 4.57. The second kappa shape index (κ2) is 6.13. The second-order valence-corrected chi connectivity index (χ2v) is 6.87. The van der Waals surface area contributed by atoms with E-state index in [-0.39, 0.29) is 6.04 Å². The molecule has 0 fully saturated rings. The Balaban J connectivity index is 1.81. The van der Waals surface area contributed by atoms with Crippen molar-refractivity contribution in [2.24, 2.45) is 5.73 Å². The number of ether oxygens (including phenoxy) is 1. The predicted molar refractivity (Wildman–Crippen MR) is 90.7 cm³/mol. The monoisotopic (exact) mass is 362 g/mol. The van der Waals surface area contributed by atoms with E-state index in [9.17, 15) is 0 Å². The van der Waals surface area contributed by atoms with E-state index in [0.29, 0.717) is 6.61 Å². The maximum Gasteiger partial charge on any atom is 0.140 e. The Morgan fingerprint density at radius 3 is 2.86 bits per heavy atom. The van der Waals surface area contributed by atoms with Gasteiger partial charge >= 0.3 is 0 Å². The Bertz CT molecular complexity index is 737. The van der Waals surface area contributed by atoms with Gasteiger partial charge in [0.15, 0.2) is 0 Å². The van der Waals surface area contributed by atoms with Crippen molar-refractivity contribution in [3.8, 4) is 5.75 Å². The number of nitrogens with two attached hydrogens (primary N) is 1. The minimum absolute atomic E-state index is 0.0760. The molecule has 2 aromatic carbocycles. The Hall–Kier alpha value is -1.43. The van der Waals surface area contributed by atoms with Gasteiger partial charge < -0.3 is 10.5 Å². The van der Waals surface area contributed by atoms with Crippen LogP contribution in [0.15, 0.2) is 46.9 Å². The van der Waals surface area contributed by atoms with Gasteiger partial charge in [0.1, 0.15) is 17.4 Å². The highest BCUT2D eigenvalue weighted by atomic mass is 79.9. The lowest BCUT2D eigenvalue weighted by atomic mass is 10.1. The average molecular weight is 363 g/mol. The van der Waals surface area contributed by atoms with E-state index < -0.39 is 0 Å². The molecule has 0 aliphatic carbocycles.